The molecule has 0 spiro atoms. The first-order valence-corrected chi connectivity index (χ1v) is 9.26. The first-order valence-electron chi connectivity index (χ1n) is 9.26. The van der Waals surface area contributed by atoms with Gasteiger partial charge in [-0.1, -0.05) is 19.1 Å². The summed E-state index contributed by atoms with van der Waals surface area (Å²) in [5.74, 6) is 0.954. The molecule has 3 rings (SSSR count). The van der Waals surface area contributed by atoms with E-state index in [1.807, 2.05) is 24.7 Å². The van der Waals surface area contributed by atoms with Gasteiger partial charge in [0.05, 0.1) is 30.5 Å². The zero-order valence-electron chi connectivity index (χ0n) is 16.8. The summed E-state index contributed by atoms with van der Waals surface area (Å²) < 4.78 is 10.3. The summed E-state index contributed by atoms with van der Waals surface area (Å²) in [5, 5.41) is 4.69. The summed E-state index contributed by atoms with van der Waals surface area (Å²) in [6.45, 7) is 12.9. The van der Waals surface area contributed by atoms with Gasteiger partial charge in [-0.2, -0.15) is 5.10 Å². The highest BCUT2D eigenvalue weighted by molar-refractivity contribution is 5.85. The van der Waals surface area contributed by atoms with Crippen LogP contribution in [0.2, 0.25) is 0 Å². The van der Waals surface area contributed by atoms with Crippen molar-refractivity contribution in [3.8, 4) is 17.0 Å². The second-order valence-electron chi connectivity index (χ2n) is 6.79. The number of nitrogens with zero attached hydrogens (tertiary/aromatic N) is 4. The Bertz CT molecular complexity index is 898. The van der Waals surface area contributed by atoms with Crippen LogP contribution in [-0.4, -0.2) is 25.9 Å². The van der Waals surface area contributed by atoms with Crippen molar-refractivity contribution in [2.45, 2.75) is 54.1 Å². The highest BCUT2D eigenvalue weighted by Crippen LogP contribution is 2.27. The van der Waals surface area contributed by atoms with Crippen molar-refractivity contribution in [3.63, 3.8) is 0 Å². The lowest BCUT2D eigenvalue weighted by molar-refractivity contribution is 0.297. The van der Waals surface area contributed by atoms with Crippen LogP contribution >= 0.6 is 12.4 Å². The second kappa shape index (κ2) is 9.09. The molecule has 27 heavy (non-hydrogen) atoms. The Labute approximate surface area is 167 Å². The van der Waals surface area contributed by atoms with Gasteiger partial charge in [0.25, 0.3) is 0 Å². The Morgan fingerprint density at radius 2 is 1.85 bits per heavy atom. The third kappa shape index (κ3) is 4.35. The molecular weight excluding hydrogens is 360 g/mol. The van der Waals surface area contributed by atoms with Crippen LogP contribution in [0.15, 0.2) is 30.7 Å². The minimum absolute atomic E-state index is 0. The van der Waals surface area contributed by atoms with Gasteiger partial charge in [0.2, 0.25) is 0 Å². The Balaban J connectivity index is 0.00000261. The molecule has 1 aromatic carbocycles. The van der Waals surface area contributed by atoms with E-state index in [-0.39, 0.29) is 12.4 Å². The first kappa shape index (κ1) is 21.0. The van der Waals surface area contributed by atoms with Crippen LogP contribution in [0.5, 0.6) is 5.75 Å². The highest BCUT2D eigenvalue weighted by Gasteiger charge is 2.16. The molecule has 0 bridgehead atoms. The van der Waals surface area contributed by atoms with Crippen molar-refractivity contribution < 1.29 is 4.74 Å². The van der Waals surface area contributed by atoms with Gasteiger partial charge in [-0.15, -0.1) is 12.4 Å². The maximum absolute atomic E-state index is 6.02. The molecular formula is C21H29ClN4O. The summed E-state index contributed by atoms with van der Waals surface area (Å²) in [6.07, 6.45) is 4.87. The van der Waals surface area contributed by atoms with E-state index in [2.05, 4.69) is 54.9 Å². The van der Waals surface area contributed by atoms with E-state index in [9.17, 15) is 0 Å². The number of halogens is 1. The fourth-order valence-electron chi connectivity index (χ4n) is 3.34. The molecule has 0 atom stereocenters. The first-order chi connectivity index (χ1) is 12.5. The average molecular weight is 389 g/mol. The third-order valence-electron chi connectivity index (χ3n) is 4.93. The maximum atomic E-state index is 6.02. The van der Waals surface area contributed by atoms with E-state index >= 15 is 0 Å². The van der Waals surface area contributed by atoms with Gasteiger partial charge in [0.1, 0.15) is 12.4 Å². The predicted octanol–water partition coefficient (Wildman–Crippen LogP) is 4.89. The largest absolute Gasteiger partial charge is 0.491 e. The Morgan fingerprint density at radius 3 is 2.59 bits per heavy atom. The van der Waals surface area contributed by atoms with Gasteiger partial charge in [0.15, 0.2) is 0 Å². The predicted molar refractivity (Wildman–Crippen MR) is 112 cm³/mol. The number of aromatic nitrogens is 4. The van der Waals surface area contributed by atoms with Crippen molar-refractivity contribution in [1.82, 2.24) is 19.3 Å². The number of hydrogen-bond acceptors (Lipinski definition) is 3. The molecule has 0 aliphatic carbocycles. The molecule has 6 heteroatoms. The van der Waals surface area contributed by atoms with E-state index in [0.717, 1.165) is 36.6 Å². The van der Waals surface area contributed by atoms with E-state index in [1.54, 1.807) is 0 Å². The van der Waals surface area contributed by atoms with Crippen molar-refractivity contribution in [2.24, 2.45) is 0 Å². The number of rotatable bonds is 7. The quantitative estimate of drug-likeness (QED) is 0.578. The van der Waals surface area contributed by atoms with Gasteiger partial charge >= 0.3 is 0 Å². The average Bonchev–Trinajstić information content (AvgIpc) is 3.16. The number of hydrogen-bond donors (Lipinski definition) is 0. The zero-order chi connectivity index (χ0) is 18.7. The standard InChI is InChI=1S/C21H28N4O.ClH/c1-6-10-25-18(5)21(17(4)23-25)19-13-22-14-24(19)11-12-26-20-9-7-8-15(2)16(20)3;/h7-9,13-14H,6,10-12H2,1-5H3;1H. The van der Waals surface area contributed by atoms with Crippen LogP contribution in [0.3, 0.4) is 0 Å². The van der Waals surface area contributed by atoms with E-state index in [0.29, 0.717) is 6.61 Å². The van der Waals surface area contributed by atoms with Crippen LogP contribution in [0.4, 0.5) is 0 Å². The maximum Gasteiger partial charge on any atom is 0.122 e. The van der Waals surface area contributed by atoms with E-state index in [1.165, 1.54) is 22.4 Å². The zero-order valence-corrected chi connectivity index (χ0v) is 17.6. The molecule has 5 nitrogen and oxygen atoms in total. The Morgan fingerprint density at radius 1 is 1.07 bits per heavy atom. The molecule has 0 N–H and O–H groups in total. The number of ether oxygens (including phenoxy) is 1. The number of imidazole rings is 1. The van der Waals surface area contributed by atoms with Crippen molar-refractivity contribution in [1.29, 1.82) is 0 Å². The van der Waals surface area contributed by atoms with Crippen LogP contribution in [0, 0.1) is 27.7 Å². The molecule has 0 amide bonds. The van der Waals surface area contributed by atoms with Crippen molar-refractivity contribution in [3.05, 3.63) is 53.2 Å². The topological polar surface area (TPSA) is 44.9 Å². The molecule has 0 aliphatic rings. The molecule has 0 fully saturated rings. The summed E-state index contributed by atoms with van der Waals surface area (Å²) in [4.78, 5) is 4.36. The molecule has 0 saturated heterocycles. The molecule has 0 saturated carbocycles. The van der Waals surface area contributed by atoms with Crippen LogP contribution < -0.4 is 4.74 Å². The molecule has 2 heterocycles. The lowest BCUT2D eigenvalue weighted by Crippen LogP contribution is -2.09. The van der Waals surface area contributed by atoms with Crippen LogP contribution in [0.1, 0.15) is 35.9 Å². The lowest BCUT2D eigenvalue weighted by atomic mass is 10.1. The molecule has 2 aromatic heterocycles. The molecule has 0 unspecified atom stereocenters. The van der Waals surface area contributed by atoms with E-state index < -0.39 is 0 Å². The minimum atomic E-state index is 0. The van der Waals surface area contributed by atoms with Crippen LogP contribution in [0.25, 0.3) is 11.3 Å². The summed E-state index contributed by atoms with van der Waals surface area (Å²) >= 11 is 0. The van der Waals surface area contributed by atoms with Gasteiger partial charge < -0.3 is 9.30 Å². The third-order valence-corrected chi connectivity index (χ3v) is 4.93. The molecule has 0 radical (unpaired) electrons. The second-order valence-corrected chi connectivity index (χ2v) is 6.79. The van der Waals surface area contributed by atoms with Gasteiger partial charge in [-0.05, 0) is 51.3 Å². The highest BCUT2D eigenvalue weighted by atomic mass is 35.5. The molecule has 3 aromatic rings. The fourth-order valence-corrected chi connectivity index (χ4v) is 3.34. The monoisotopic (exact) mass is 388 g/mol. The Hall–Kier alpha value is -2.27. The molecule has 146 valence electrons. The van der Waals surface area contributed by atoms with Gasteiger partial charge in [-0.25, -0.2) is 4.98 Å². The SMILES string of the molecule is CCCn1nc(C)c(-c2cncn2CCOc2cccc(C)c2C)c1C.Cl. The smallest absolute Gasteiger partial charge is 0.122 e. The van der Waals surface area contributed by atoms with Gasteiger partial charge in [0, 0.05) is 17.8 Å². The normalized spacial score (nSPS) is 10.7. The van der Waals surface area contributed by atoms with E-state index in [4.69, 9.17) is 9.84 Å². The van der Waals surface area contributed by atoms with Gasteiger partial charge in [-0.3, -0.25) is 4.68 Å². The lowest BCUT2D eigenvalue weighted by Gasteiger charge is -2.13. The Kier molecular flexibility index (Phi) is 7.08. The fraction of sp³-hybridized carbons (Fsp3) is 0.429. The number of aryl methyl sites for hydroxylation is 3. The van der Waals surface area contributed by atoms with Crippen molar-refractivity contribution >= 4 is 12.4 Å². The summed E-state index contributed by atoms with van der Waals surface area (Å²) in [5.41, 5.74) is 6.98. The number of benzene rings is 1. The molecule has 0 aliphatic heterocycles. The minimum Gasteiger partial charge on any atom is -0.491 e. The summed E-state index contributed by atoms with van der Waals surface area (Å²) in [7, 11) is 0. The van der Waals surface area contributed by atoms with Crippen LogP contribution in [-0.2, 0) is 13.1 Å². The summed E-state index contributed by atoms with van der Waals surface area (Å²) in [6, 6.07) is 6.17. The van der Waals surface area contributed by atoms with Crippen molar-refractivity contribution in [2.75, 3.05) is 6.61 Å².